The number of halogens is 1. The summed E-state index contributed by atoms with van der Waals surface area (Å²) in [5.74, 6) is 2.49. The van der Waals surface area contributed by atoms with E-state index in [4.69, 9.17) is 9.47 Å². The van der Waals surface area contributed by atoms with Crippen molar-refractivity contribution in [3.8, 4) is 11.5 Å². The summed E-state index contributed by atoms with van der Waals surface area (Å²) in [7, 11) is 3.34. The molecule has 128 valence electrons. The van der Waals surface area contributed by atoms with Crippen LogP contribution in [0.2, 0.25) is 0 Å². The molecule has 0 atom stereocenters. The highest BCUT2D eigenvalue weighted by Gasteiger charge is 2.07. The fourth-order valence-electron chi connectivity index (χ4n) is 2.54. The molecule has 0 amide bonds. The van der Waals surface area contributed by atoms with E-state index in [1.807, 2.05) is 18.2 Å². The number of methoxy groups -OCH3 is 2. The zero-order chi connectivity index (χ0) is 16.1. The Morgan fingerprint density at radius 2 is 1.88 bits per heavy atom. The first-order chi connectivity index (χ1) is 11.3. The number of nitrogens with one attached hydrogen (secondary N) is 2. The van der Waals surface area contributed by atoms with Crippen LogP contribution in [0.1, 0.15) is 11.1 Å². The average molecular weight is 348 g/mol. The summed E-state index contributed by atoms with van der Waals surface area (Å²) in [5, 5.41) is 6.46. The molecular formula is C18H22ClN3O2. The van der Waals surface area contributed by atoms with Crippen molar-refractivity contribution in [2.75, 3.05) is 32.6 Å². The third-order valence-electron chi connectivity index (χ3n) is 3.78. The zero-order valence-corrected chi connectivity index (χ0v) is 14.7. The van der Waals surface area contributed by atoms with Crippen molar-refractivity contribution in [2.24, 2.45) is 4.99 Å². The summed E-state index contributed by atoms with van der Waals surface area (Å²) in [6.45, 7) is 1.73. The third kappa shape index (κ3) is 4.32. The maximum atomic E-state index is 5.46. The molecule has 2 aromatic carbocycles. The van der Waals surface area contributed by atoms with Gasteiger partial charge in [0, 0.05) is 24.7 Å². The van der Waals surface area contributed by atoms with Crippen LogP contribution in [0.3, 0.4) is 0 Å². The van der Waals surface area contributed by atoms with Crippen LogP contribution in [0.25, 0.3) is 0 Å². The molecule has 1 aliphatic rings. The molecule has 0 saturated heterocycles. The lowest BCUT2D eigenvalue weighted by atomic mass is 10.0. The number of guanidine groups is 1. The van der Waals surface area contributed by atoms with Crippen LogP contribution < -0.4 is 20.1 Å². The molecule has 1 aliphatic heterocycles. The minimum absolute atomic E-state index is 0. The van der Waals surface area contributed by atoms with Crippen LogP contribution >= 0.6 is 12.4 Å². The molecule has 2 N–H and O–H groups in total. The monoisotopic (exact) mass is 347 g/mol. The summed E-state index contributed by atoms with van der Waals surface area (Å²) in [5.41, 5.74) is 3.39. The van der Waals surface area contributed by atoms with Gasteiger partial charge >= 0.3 is 0 Å². The molecular weight excluding hydrogens is 326 g/mol. The van der Waals surface area contributed by atoms with E-state index in [1.54, 1.807) is 14.2 Å². The van der Waals surface area contributed by atoms with Gasteiger partial charge in [-0.1, -0.05) is 18.2 Å². The van der Waals surface area contributed by atoms with Gasteiger partial charge < -0.3 is 20.1 Å². The Labute approximate surface area is 148 Å². The minimum Gasteiger partial charge on any atom is -0.497 e. The Kier molecular flexibility index (Phi) is 6.32. The zero-order valence-electron chi connectivity index (χ0n) is 13.8. The quantitative estimate of drug-likeness (QED) is 0.872. The maximum Gasteiger partial charge on any atom is 0.195 e. The standard InChI is InChI=1S/C18H21N3O2.ClH/c1-22-16-8-5-14(17(12-16)23-2)11-13-3-6-15(7-4-13)21-18-19-9-10-20-18;/h3-8,12H,9-11H2,1-2H3,(H2,19,20,21);1H. The van der Waals surface area contributed by atoms with Gasteiger partial charge in [-0.3, -0.25) is 4.99 Å². The summed E-state index contributed by atoms with van der Waals surface area (Å²) >= 11 is 0. The van der Waals surface area contributed by atoms with Gasteiger partial charge in [-0.15, -0.1) is 12.4 Å². The number of anilines is 1. The smallest absolute Gasteiger partial charge is 0.195 e. The molecule has 0 aliphatic carbocycles. The second-order valence-corrected chi connectivity index (χ2v) is 5.33. The van der Waals surface area contributed by atoms with Gasteiger partial charge in [0.15, 0.2) is 5.96 Å². The van der Waals surface area contributed by atoms with Gasteiger partial charge in [0.2, 0.25) is 0 Å². The number of hydrogen-bond donors (Lipinski definition) is 2. The Morgan fingerprint density at radius 1 is 1.08 bits per heavy atom. The molecule has 6 heteroatoms. The van der Waals surface area contributed by atoms with Gasteiger partial charge in [0.05, 0.1) is 20.8 Å². The molecule has 0 unspecified atom stereocenters. The molecule has 0 radical (unpaired) electrons. The lowest BCUT2D eigenvalue weighted by molar-refractivity contribution is 0.391. The van der Waals surface area contributed by atoms with Crippen molar-refractivity contribution in [2.45, 2.75) is 6.42 Å². The summed E-state index contributed by atoms with van der Waals surface area (Å²) in [6, 6.07) is 14.3. The number of nitrogens with zero attached hydrogens (tertiary/aromatic N) is 1. The first-order valence-corrected chi connectivity index (χ1v) is 7.63. The van der Waals surface area contributed by atoms with Gasteiger partial charge in [-0.05, 0) is 29.3 Å². The van der Waals surface area contributed by atoms with Crippen LogP contribution in [-0.2, 0) is 6.42 Å². The number of hydrogen-bond acceptors (Lipinski definition) is 5. The van der Waals surface area contributed by atoms with Crippen molar-refractivity contribution < 1.29 is 9.47 Å². The topological polar surface area (TPSA) is 54.9 Å². The van der Waals surface area contributed by atoms with Crippen LogP contribution in [0.5, 0.6) is 11.5 Å². The fraction of sp³-hybridized carbons (Fsp3) is 0.278. The number of aliphatic imine (C=N–C) groups is 1. The van der Waals surface area contributed by atoms with Crippen LogP contribution in [0.4, 0.5) is 5.69 Å². The van der Waals surface area contributed by atoms with E-state index >= 15 is 0 Å². The molecule has 1 heterocycles. The Hall–Kier alpha value is -2.40. The second-order valence-electron chi connectivity index (χ2n) is 5.33. The highest BCUT2D eigenvalue weighted by Crippen LogP contribution is 2.27. The Bertz CT molecular complexity index is 702. The van der Waals surface area contributed by atoms with Crippen molar-refractivity contribution >= 4 is 24.1 Å². The van der Waals surface area contributed by atoms with Crippen LogP contribution in [-0.4, -0.2) is 33.3 Å². The largest absolute Gasteiger partial charge is 0.497 e. The fourth-order valence-corrected chi connectivity index (χ4v) is 2.54. The summed E-state index contributed by atoms with van der Waals surface area (Å²) in [6.07, 6.45) is 0.812. The maximum absolute atomic E-state index is 5.46. The van der Waals surface area contributed by atoms with E-state index in [0.717, 1.165) is 48.2 Å². The van der Waals surface area contributed by atoms with Crippen molar-refractivity contribution in [3.05, 3.63) is 53.6 Å². The van der Waals surface area contributed by atoms with Gasteiger partial charge in [0.25, 0.3) is 0 Å². The van der Waals surface area contributed by atoms with Gasteiger partial charge in [-0.2, -0.15) is 0 Å². The Balaban J connectivity index is 0.00000208. The molecule has 5 nitrogen and oxygen atoms in total. The number of benzene rings is 2. The molecule has 0 aromatic heterocycles. The first-order valence-electron chi connectivity index (χ1n) is 7.63. The normalized spacial score (nSPS) is 12.7. The van der Waals surface area contributed by atoms with E-state index in [1.165, 1.54) is 5.56 Å². The molecule has 0 spiro atoms. The molecule has 0 bridgehead atoms. The van der Waals surface area contributed by atoms with Crippen LogP contribution in [0.15, 0.2) is 47.5 Å². The van der Waals surface area contributed by atoms with Crippen molar-refractivity contribution in [3.63, 3.8) is 0 Å². The highest BCUT2D eigenvalue weighted by molar-refractivity contribution is 5.94. The molecule has 0 saturated carbocycles. The highest BCUT2D eigenvalue weighted by atomic mass is 35.5. The lowest BCUT2D eigenvalue weighted by Gasteiger charge is -2.11. The number of ether oxygens (including phenoxy) is 2. The lowest BCUT2D eigenvalue weighted by Crippen LogP contribution is -2.26. The minimum atomic E-state index is 0. The van der Waals surface area contributed by atoms with Gasteiger partial charge in [0.1, 0.15) is 11.5 Å². The van der Waals surface area contributed by atoms with E-state index < -0.39 is 0 Å². The third-order valence-corrected chi connectivity index (χ3v) is 3.78. The van der Waals surface area contributed by atoms with Crippen LogP contribution in [0, 0.1) is 0 Å². The second kappa shape index (κ2) is 8.45. The van der Waals surface area contributed by atoms with E-state index in [2.05, 4.69) is 39.9 Å². The summed E-state index contributed by atoms with van der Waals surface area (Å²) in [4.78, 5) is 4.33. The predicted molar refractivity (Wildman–Crippen MR) is 100.0 cm³/mol. The first kappa shape index (κ1) is 17.9. The number of rotatable bonds is 5. The SMILES string of the molecule is COc1ccc(Cc2ccc(NC3=NCCN3)cc2)c(OC)c1.Cl. The van der Waals surface area contributed by atoms with Gasteiger partial charge in [-0.25, -0.2) is 0 Å². The Morgan fingerprint density at radius 3 is 2.50 bits per heavy atom. The molecule has 24 heavy (non-hydrogen) atoms. The van der Waals surface area contributed by atoms with Crippen molar-refractivity contribution in [1.29, 1.82) is 0 Å². The van der Waals surface area contributed by atoms with Crippen molar-refractivity contribution in [1.82, 2.24) is 5.32 Å². The average Bonchev–Trinajstić information content (AvgIpc) is 3.10. The summed E-state index contributed by atoms with van der Waals surface area (Å²) < 4.78 is 10.7. The predicted octanol–water partition coefficient (Wildman–Crippen LogP) is 3.09. The molecule has 0 fully saturated rings. The molecule has 2 aromatic rings. The van der Waals surface area contributed by atoms with E-state index in [-0.39, 0.29) is 12.4 Å². The van der Waals surface area contributed by atoms with E-state index in [9.17, 15) is 0 Å². The molecule has 3 rings (SSSR count). The van der Waals surface area contributed by atoms with E-state index in [0.29, 0.717) is 0 Å².